The minimum absolute atomic E-state index is 0.0233. The van der Waals surface area contributed by atoms with E-state index in [1.807, 2.05) is 59.5 Å². The maximum absolute atomic E-state index is 12.7. The Bertz CT molecular complexity index is 1370. The number of benzene rings is 4. The second kappa shape index (κ2) is 11.8. The van der Waals surface area contributed by atoms with E-state index < -0.39 is 0 Å². The maximum atomic E-state index is 12.7. The van der Waals surface area contributed by atoms with Crippen LogP contribution in [0.3, 0.4) is 0 Å². The van der Waals surface area contributed by atoms with Gasteiger partial charge in [-0.2, -0.15) is 0 Å². The quantitative estimate of drug-likeness (QED) is 0.315. The molecule has 2 amide bonds. The Morgan fingerprint density at radius 1 is 0.737 bits per heavy atom. The summed E-state index contributed by atoms with van der Waals surface area (Å²) in [6.45, 7) is 3.25. The lowest BCUT2D eigenvalue weighted by Crippen LogP contribution is -2.48. The minimum atomic E-state index is -0.179. The number of anilines is 2. The zero-order valence-electron chi connectivity index (χ0n) is 20.8. The summed E-state index contributed by atoms with van der Waals surface area (Å²) >= 11 is 5.93. The monoisotopic (exact) mass is 525 g/mol. The first-order valence-corrected chi connectivity index (χ1v) is 12.9. The van der Waals surface area contributed by atoms with Crippen LogP contribution in [0.4, 0.5) is 11.4 Å². The van der Waals surface area contributed by atoms with Crippen LogP contribution in [0.1, 0.15) is 26.3 Å². The Morgan fingerprint density at radius 3 is 2.03 bits per heavy atom. The van der Waals surface area contributed by atoms with Crippen LogP contribution < -0.4 is 15.0 Å². The van der Waals surface area contributed by atoms with Gasteiger partial charge < -0.3 is 19.9 Å². The number of hydrogen-bond acceptors (Lipinski definition) is 4. The van der Waals surface area contributed by atoms with Crippen LogP contribution in [0.2, 0.25) is 5.02 Å². The summed E-state index contributed by atoms with van der Waals surface area (Å²) in [4.78, 5) is 29.6. The standard InChI is InChI=1S/C31H28ClN3O3/c32-26-10-6-25(7-11-26)31(37)35-20-18-34(19-21-35)28-14-12-27(13-15-28)33-30(36)24-8-16-29(17-9-24)38-22-23-4-2-1-3-5-23/h1-17H,18-22H2,(H,33,36). The van der Waals surface area contributed by atoms with Gasteiger partial charge in [0.25, 0.3) is 11.8 Å². The number of carbonyl (C=O) groups excluding carboxylic acids is 2. The number of nitrogens with zero attached hydrogens (tertiary/aromatic N) is 2. The highest BCUT2D eigenvalue weighted by Gasteiger charge is 2.22. The molecule has 7 heteroatoms. The van der Waals surface area contributed by atoms with Gasteiger partial charge in [0.05, 0.1) is 0 Å². The molecule has 0 spiro atoms. The molecule has 0 unspecified atom stereocenters. The Morgan fingerprint density at radius 2 is 1.37 bits per heavy atom. The normalized spacial score (nSPS) is 13.2. The largest absolute Gasteiger partial charge is 0.489 e. The smallest absolute Gasteiger partial charge is 0.255 e. The third-order valence-corrected chi connectivity index (χ3v) is 6.77. The van der Waals surface area contributed by atoms with Crippen LogP contribution in [0.15, 0.2) is 103 Å². The zero-order chi connectivity index (χ0) is 26.3. The van der Waals surface area contributed by atoms with Gasteiger partial charge in [-0.1, -0.05) is 41.9 Å². The van der Waals surface area contributed by atoms with E-state index >= 15 is 0 Å². The molecule has 1 fully saturated rings. The molecule has 0 saturated carbocycles. The molecule has 0 aliphatic carbocycles. The topological polar surface area (TPSA) is 61.9 Å². The number of ether oxygens (including phenoxy) is 1. The molecule has 192 valence electrons. The van der Waals surface area contributed by atoms with Crippen molar-refractivity contribution in [3.8, 4) is 5.75 Å². The van der Waals surface area contributed by atoms with Crippen LogP contribution in [0, 0.1) is 0 Å². The lowest BCUT2D eigenvalue weighted by molar-refractivity contribution is 0.0746. The van der Waals surface area contributed by atoms with Crippen LogP contribution in [0.25, 0.3) is 0 Å². The van der Waals surface area contributed by atoms with Crippen molar-refractivity contribution in [1.29, 1.82) is 0 Å². The fourth-order valence-electron chi connectivity index (χ4n) is 4.35. The number of amides is 2. The average Bonchev–Trinajstić information content (AvgIpc) is 2.97. The van der Waals surface area contributed by atoms with Gasteiger partial charge in [-0.3, -0.25) is 9.59 Å². The van der Waals surface area contributed by atoms with Crippen LogP contribution >= 0.6 is 11.6 Å². The minimum Gasteiger partial charge on any atom is -0.489 e. The van der Waals surface area contributed by atoms with Crippen molar-refractivity contribution in [2.45, 2.75) is 6.61 Å². The highest BCUT2D eigenvalue weighted by Crippen LogP contribution is 2.22. The number of carbonyl (C=O) groups is 2. The molecule has 5 rings (SSSR count). The van der Waals surface area contributed by atoms with E-state index in [0.717, 1.165) is 30.0 Å². The third-order valence-electron chi connectivity index (χ3n) is 6.51. The number of piperazine rings is 1. The summed E-state index contributed by atoms with van der Waals surface area (Å²) in [7, 11) is 0. The Kier molecular flexibility index (Phi) is 7.90. The first-order chi connectivity index (χ1) is 18.5. The molecular formula is C31H28ClN3O3. The van der Waals surface area contributed by atoms with Crippen molar-refractivity contribution in [3.05, 3.63) is 125 Å². The zero-order valence-corrected chi connectivity index (χ0v) is 21.6. The number of halogens is 1. The second-order valence-electron chi connectivity index (χ2n) is 9.09. The molecule has 0 radical (unpaired) electrons. The van der Waals surface area contributed by atoms with Crippen molar-refractivity contribution >= 4 is 34.8 Å². The molecule has 4 aromatic rings. The van der Waals surface area contributed by atoms with Gasteiger partial charge in [0.1, 0.15) is 12.4 Å². The SMILES string of the molecule is O=C(Nc1ccc(N2CCN(C(=O)c3ccc(Cl)cc3)CC2)cc1)c1ccc(OCc2ccccc2)cc1. The van der Waals surface area contributed by atoms with Crippen LogP contribution in [0.5, 0.6) is 5.75 Å². The van der Waals surface area contributed by atoms with E-state index in [2.05, 4.69) is 10.2 Å². The second-order valence-corrected chi connectivity index (χ2v) is 9.52. The lowest BCUT2D eigenvalue weighted by Gasteiger charge is -2.36. The summed E-state index contributed by atoms with van der Waals surface area (Å²) in [5.41, 5.74) is 4.08. The summed E-state index contributed by atoms with van der Waals surface area (Å²) in [5.74, 6) is 0.557. The number of rotatable bonds is 7. The third kappa shape index (κ3) is 6.33. The van der Waals surface area contributed by atoms with Crippen molar-refractivity contribution in [2.75, 3.05) is 36.4 Å². The lowest BCUT2D eigenvalue weighted by atomic mass is 10.1. The maximum Gasteiger partial charge on any atom is 0.255 e. The van der Waals surface area contributed by atoms with Gasteiger partial charge in [-0.15, -0.1) is 0 Å². The molecule has 38 heavy (non-hydrogen) atoms. The molecule has 0 bridgehead atoms. The summed E-state index contributed by atoms with van der Waals surface area (Å²) in [6, 6.07) is 31.9. The van der Waals surface area contributed by atoms with Gasteiger partial charge in [0.2, 0.25) is 0 Å². The predicted molar refractivity (Wildman–Crippen MR) is 151 cm³/mol. The van der Waals surface area contributed by atoms with E-state index in [-0.39, 0.29) is 11.8 Å². The molecule has 6 nitrogen and oxygen atoms in total. The predicted octanol–water partition coefficient (Wildman–Crippen LogP) is 6.13. The van der Waals surface area contributed by atoms with Crippen molar-refractivity contribution in [1.82, 2.24) is 4.90 Å². The Hall–Kier alpha value is -4.29. The molecular weight excluding hydrogens is 498 g/mol. The van der Waals surface area contributed by atoms with Crippen LogP contribution in [-0.4, -0.2) is 42.9 Å². The van der Waals surface area contributed by atoms with E-state index in [0.29, 0.717) is 41.6 Å². The molecule has 1 saturated heterocycles. The highest BCUT2D eigenvalue weighted by atomic mass is 35.5. The Labute approximate surface area is 227 Å². The van der Waals surface area contributed by atoms with Crippen molar-refractivity contribution < 1.29 is 14.3 Å². The fourth-order valence-corrected chi connectivity index (χ4v) is 4.47. The summed E-state index contributed by atoms with van der Waals surface area (Å²) in [5, 5.41) is 3.57. The van der Waals surface area contributed by atoms with E-state index in [4.69, 9.17) is 16.3 Å². The van der Waals surface area contributed by atoms with Crippen molar-refractivity contribution in [3.63, 3.8) is 0 Å². The van der Waals surface area contributed by atoms with E-state index in [9.17, 15) is 9.59 Å². The first-order valence-electron chi connectivity index (χ1n) is 12.5. The molecule has 1 N–H and O–H groups in total. The van der Waals surface area contributed by atoms with Gasteiger partial charge in [0, 0.05) is 53.7 Å². The first kappa shape index (κ1) is 25.4. The summed E-state index contributed by atoms with van der Waals surface area (Å²) in [6.07, 6.45) is 0. The molecule has 1 heterocycles. The van der Waals surface area contributed by atoms with Gasteiger partial charge in [-0.25, -0.2) is 0 Å². The molecule has 0 atom stereocenters. The highest BCUT2D eigenvalue weighted by molar-refractivity contribution is 6.30. The average molecular weight is 526 g/mol. The molecule has 1 aliphatic heterocycles. The van der Waals surface area contributed by atoms with Gasteiger partial charge in [-0.05, 0) is 78.4 Å². The van der Waals surface area contributed by atoms with Crippen molar-refractivity contribution in [2.24, 2.45) is 0 Å². The van der Waals surface area contributed by atoms with Crippen LogP contribution in [-0.2, 0) is 6.61 Å². The fraction of sp³-hybridized carbons (Fsp3) is 0.161. The molecule has 4 aromatic carbocycles. The molecule has 1 aliphatic rings. The van der Waals surface area contributed by atoms with Gasteiger partial charge in [0.15, 0.2) is 0 Å². The number of hydrogen-bond donors (Lipinski definition) is 1. The summed E-state index contributed by atoms with van der Waals surface area (Å²) < 4.78 is 5.80. The van der Waals surface area contributed by atoms with Gasteiger partial charge >= 0.3 is 0 Å². The van der Waals surface area contributed by atoms with E-state index in [1.165, 1.54) is 0 Å². The van der Waals surface area contributed by atoms with E-state index in [1.54, 1.807) is 48.5 Å². The number of nitrogens with one attached hydrogen (secondary N) is 1. The molecule has 0 aromatic heterocycles. The Balaban J connectivity index is 1.11.